The third kappa shape index (κ3) is 3.39. The van der Waals surface area contributed by atoms with Gasteiger partial charge >= 0.3 is 0 Å². The zero-order valence-corrected chi connectivity index (χ0v) is 13.5. The lowest BCUT2D eigenvalue weighted by molar-refractivity contribution is 0.297. The summed E-state index contributed by atoms with van der Waals surface area (Å²) in [5.41, 5.74) is 2.36. The van der Waals surface area contributed by atoms with Gasteiger partial charge in [0.1, 0.15) is 24.7 Å². The Kier molecular flexibility index (Phi) is 4.46. The van der Waals surface area contributed by atoms with Crippen LogP contribution < -0.4 is 14.8 Å². The summed E-state index contributed by atoms with van der Waals surface area (Å²) >= 11 is 3.43. The van der Waals surface area contributed by atoms with Gasteiger partial charge < -0.3 is 14.8 Å². The average molecular weight is 348 g/mol. The molecule has 0 saturated carbocycles. The first-order valence-corrected chi connectivity index (χ1v) is 7.93. The smallest absolute Gasteiger partial charge is 0.128 e. The zero-order valence-electron chi connectivity index (χ0n) is 11.9. The lowest BCUT2D eigenvalue weighted by Crippen LogP contribution is -2.21. The van der Waals surface area contributed by atoms with E-state index >= 15 is 0 Å². The lowest BCUT2D eigenvalue weighted by Gasteiger charge is -2.10. The molecule has 1 N–H and O–H groups in total. The molecule has 110 valence electrons. The number of nitrogens with one attached hydrogen (secondary N) is 1. The molecular formula is C17H18BrNO2. The molecule has 0 saturated heterocycles. The molecule has 21 heavy (non-hydrogen) atoms. The quantitative estimate of drug-likeness (QED) is 0.884. The Hall–Kier alpha value is -1.52. The van der Waals surface area contributed by atoms with Gasteiger partial charge in [0.15, 0.2) is 0 Å². The minimum Gasteiger partial charge on any atom is -0.491 e. The van der Waals surface area contributed by atoms with E-state index in [1.165, 1.54) is 5.56 Å². The van der Waals surface area contributed by atoms with Crippen LogP contribution in [0.15, 0.2) is 46.9 Å². The standard InChI is InChI=1S/C17H18BrNO2/c1-2-19-16-11-21-17-9-14(7-8-15(16)17)20-10-12-3-5-13(18)6-4-12/h3-9,16,19H,2,10-11H2,1H3. The third-order valence-corrected chi connectivity index (χ3v) is 4.06. The number of hydrogen-bond acceptors (Lipinski definition) is 3. The summed E-state index contributed by atoms with van der Waals surface area (Å²) in [4.78, 5) is 0. The zero-order chi connectivity index (χ0) is 14.7. The van der Waals surface area contributed by atoms with Gasteiger partial charge in [-0.25, -0.2) is 0 Å². The normalized spacial score (nSPS) is 16.4. The highest BCUT2D eigenvalue weighted by Crippen LogP contribution is 2.35. The molecule has 0 aliphatic carbocycles. The van der Waals surface area contributed by atoms with E-state index in [4.69, 9.17) is 9.47 Å². The fraction of sp³-hybridized carbons (Fsp3) is 0.294. The van der Waals surface area contributed by atoms with Gasteiger partial charge in [-0.1, -0.05) is 35.0 Å². The molecule has 1 heterocycles. The summed E-state index contributed by atoms with van der Waals surface area (Å²) in [5.74, 6) is 1.77. The number of ether oxygens (including phenoxy) is 2. The molecule has 1 atom stereocenters. The molecular weight excluding hydrogens is 330 g/mol. The van der Waals surface area contributed by atoms with Crippen molar-refractivity contribution in [2.45, 2.75) is 19.6 Å². The van der Waals surface area contributed by atoms with Crippen LogP contribution >= 0.6 is 15.9 Å². The Morgan fingerprint density at radius 1 is 1.24 bits per heavy atom. The van der Waals surface area contributed by atoms with Gasteiger partial charge in [0.25, 0.3) is 0 Å². The molecule has 0 fully saturated rings. The molecule has 0 amide bonds. The van der Waals surface area contributed by atoms with Crippen LogP contribution in [0.4, 0.5) is 0 Å². The summed E-state index contributed by atoms with van der Waals surface area (Å²) in [6.07, 6.45) is 0. The largest absolute Gasteiger partial charge is 0.491 e. The number of rotatable bonds is 5. The maximum Gasteiger partial charge on any atom is 0.128 e. The Bertz CT molecular complexity index is 613. The van der Waals surface area contributed by atoms with Crippen molar-refractivity contribution in [2.75, 3.05) is 13.2 Å². The third-order valence-electron chi connectivity index (χ3n) is 3.54. The van der Waals surface area contributed by atoms with Crippen LogP contribution in [-0.2, 0) is 6.61 Å². The second kappa shape index (κ2) is 6.50. The van der Waals surface area contributed by atoms with E-state index in [1.807, 2.05) is 24.3 Å². The van der Waals surface area contributed by atoms with Crippen molar-refractivity contribution in [1.29, 1.82) is 0 Å². The predicted octanol–water partition coefficient (Wildman–Crippen LogP) is 4.07. The highest BCUT2D eigenvalue weighted by molar-refractivity contribution is 9.10. The van der Waals surface area contributed by atoms with Gasteiger partial charge in [-0.2, -0.15) is 0 Å². The maximum absolute atomic E-state index is 5.84. The fourth-order valence-corrected chi connectivity index (χ4v) is 2.71. The van der Waals surface area contributed by atoms with Crippen molar-refractivity contribution < 1.29 is 9.47 Å². The Balaban J connectivity index is 1.66. The van der Waals surface area contributed by atoms with E-state index in [0.29, 0.717) is 19.3 Å². The van der Waals surface area contributed by atoms with Gasteiger partial charge in [-0.15, -0.1) is 0 Å². The van der Waals surface area contributed by atoms with Gasteiger partial charge in [-0.3, -0.25) is 0 Å². The van der Waals surface area contributed by atoms with Crippen molar-refractivity contribution in [3.8, 4) is 11.5 Å². The fourth-order valence-electron chi connectivity index (χ4n) is 2.44. The van der Waals surface area contributed by atoms with Crippen molar-refractivity contribution in [3.05, 3.63) is 58.1 Å². The number of halogens is 1. The molecule has 1 aliphatic heterocycles. The molecule has 3 rings (SSSR count). The van der Waals surface area contributed by atoms with Gasteiger partial charge in [-0.05, 0) is 36.4 Å². The Morgan fingerprint density at radius 2 is 2.05 bits per heavy atom. The first-order chi connectivity index (χ1) is 10.3. The summed E-state index contributed by atoms with van der Waals surface area (Å²) in [6.45, 7) is 4.30. The summed E-state index contributed by atoms with van der Waals surface area (Å²) < 4.78 is 12.6. The van der Waals surface area contributed by atoms with Crippen LogP contribution in [0.2, 0.25) is 0 Å². The highest BCUT2D eigenvalue weighted by Gasteiger charge is 2.23. The van der Waals surface area contributed by atoms with E-state index in [0.717, 1.165) is 28.1 Å². The molecule has 1 aliphatic rings. The molecule has 2 aromatic rings. The second-order valence-corrected chi connectivity index (χ2v) is 5.95. The van der Waals surface area contributed by atoms with Crippen LogP contribution in [0.5, 0.6) is 11.5 Å². The number of benzene rings is 2. The Morgan fingerprint density at radius 3 is 2.81 bits per heavy atom. The molecule has 2 aromatic carbocycles. The van der Waals surface area contributed by atoms with E-state index in [1.54, 1.807) is 0 Å². The first-order valence-electron chi connectivity index (χ1n) is 7.13. The number of hydrogen-bond donors (Lipinski definition) is 1. The topological polar surface area (TPSA) is 30.5 Å². The van der Waals surface area contributed by atoms with Crippen LogP contribution in [-0.4, -0.2) is 13.2 Å². The summed E-state index contributed by atoms with van der Waals surface area (Å²) in [7, 11) is 0. The molecule has 4 heteroatoms. The lowest BCUT2D eigenvalue weighted by atomic mass is 10.1. The summed E-state index contributed by atoms with van der Waals surface area (Å²) in [6, 6.07) is 14.5. The van der Waals surface area contributed by atoms with Gasteiger partial charge in [0.2, 0.25) is 0 Å². The van der Waals surface area contributed by atoms with Crippen molar-refractivity contribution in [2.24, 2.45) is 0 Å². The van der Waals surface area contributed by atoms with E-state index in [9.17, 15) is 0 Å². The first kappa shape index (κ1) is 14.4. The van der Waals surface area contributed by atoms with Crippen molar-refractivity contribution in [3.63, 3.8) is 0 Å². The molecule has 0 spiro atoms. The van der Waals surface area contributed by atoms with E-state index in [2.05, 4.69) is 46.4 Å². The van der Waals surface area contributed by atoms with Crippen LogP contribution in [0, 0.1) is 0 Å². The van der Waals surface area contributed by atoms with Crippen molar-refractivity contribution in [1.82, 2.24) is 5.32 Å². The monoisotopic (exact) mass is 347 g/mol. The molecule has 0 aromatic heterocycles. The van der Waals surface area contributed by atoms with E-state index in [-0.39, 0.29) is 0 Å². The van der Waals surface area contributed by atoms with Gasteiger partial charge in [0.05, 0.1) is 6.04 Å². The number of likely N-dealkylation sites (N-methyl/N-ethyl adjacent to an activating group) is 1. The molecule has 1 unspecified atom stereocenters. The summed E-state index contributed by atoms with van der Waals surface area (Å²) in [5, 5.41) is 3.41. The van der Waals surface area contributed by atoms with Crippen molar-refractivity contribution >= 4 is 15.9 Å². The minimum absolute atomic E-state index is 0.297. The minimum atomic E-state index is 0.297. The SMILES string of the molecule is CCNC1COc2cc(OCc3ccc(Br)cc3)ccc21. The maximum atomic E-state index is 5.84. The predicted molar refractivity (Wildman–Crippen MR) is 86.8 cm³/mol. The molecule has 0 radical (unpaired) electrons. The van der Waals surface area contributed by atoms with Crippen LogP contribution in [0.25, 0.3) is 0 Å². The second-order valence-electron chi connectivity index (χ2n) is 5.04. The average Bonchev–Trinajstić information content (AvgIpc) is 2.90. The van der Waals surface area contributed by atoms with Crippen LogP contribution in [0.1, 0.15) is 24.1 Å². The Labute approximate surface area is 133 Å². The molecule has 0 bridgehead atoms. The number of fused-ring (bicyclic) bond motifs is 1. The highest BCUT2D eigenvalue weighted by atomic mass is 79.9. The van der Waals surface area contributed by atoms with Crippen LogP contribution in [0.3, 0.4) is 0 Å². The van der Waals surface area contributed by atoms with Gasteiger partial charge in [0, 0.05) is 16.1 Å². The van der Waals surface area contributed by atoms with E-state index < -0.39 is 0 Å². The molecule has 3 nitrogen and oxygen atoms in total.